The Labute approximate surface area is 169 Å². The third kappa shape index (κ3) is 3.30. The lowest BCUT2D eigenvalue weighted by Crippen LogP contribution is -2.39. The van der Waals surface area contributed by atoms with Crippen LogP contribution >= 0.6 is 0 Å². The Balaban J connectivity index is 1.82. The molecule has 1 atom stereocenters. The van der Waals surface area contributed by atoms with Crippen molar-refractivity contribution in [1.29, 1.82) is 0 Å². The van der Waals surface area contributed by atoms with Gasteiger partial charge in [-0.05, 0) is 37.5 Å². The fourth-order valence-electron chi connectivity index (χ4n) is 4.02. The summed E-state index contributed by atoms with van der Waals surface area (Å²) in [6.45, 7) is 2.02. The Morgan fingerprint density at radius 1 is 1.17 bits per heavy atom. The second-order valence-electron chi connectivity index (χ2n) is 7.35. The molecule has 2 heterocycles. The Morgan fingerprint density at radius 3 is 2.66 bits per heavy atom. The van der Waals surface area contributed by atoms with Crippen molar-refractivity contribution in [3.8, 4) is 0 Å². The molecule has 8 nitrogen and oxygen atoms in total. The third-order valence-corrected chi connectivity index (χ3v) is 7.59. The lowest BCUT2D eigenvalue weighted by atomic mass is 10.0. The molecule has 9 heteroatoms. The maximum Gasteiger partial charge on any atom is 0.270 e. The topological polar surface area (TPSA) is 98.3 Å². The second-order valence-corrected chi connectivity index (χ2v) is 9.21. The van der Waals surface area contributed by atoms with Gasteiger partial charge in [0, 0.05) is 25.7 Å². The van der Waals surface area contributed by atoms with E-state index in [0.29, 0.717) is 24.4 Å². The number of fused-ring (bicyclic) bond motifs is 1. The number of benzene rings is 2. The van der Waals surface area contributed by atoms with E-state index >= 15 is 0 Å². The molecule has 0 radical (unpaired) electrons. The van der Waals surface area contributed by atoms with Gasteiger partial charge in [-0.3, -0.25) is 10.1 Å². The van der Waals surface area contributed by atoms with Gasteiger partial charge in [-0.2, -0.15) is 4.31 Å². The zero-order chi connectivity index (χ0) is 20.8. The summed E-state index contributed by atoms with van der Waals surface area (Å²) >= 11 is 0. The molecule has 4 rings (SSSR count). The summed E-state index contributed by atoms with van der Waals surface area (Å²) in [6.07, 6.45) is 2.30. The fourth-order valence-corrected chi connectivity index (χ4v) is 5.92. The molecule has 152 valence electrons. The number of hydrogen-bond donors (Lipinski definition) is 0. The molecular formula is C20H22N4O4S. The first-order valence-electron chi connectivity index (χ1n) is 9.49. The van der Waals surface area contributed by atoms with Gasteiger partial charge in [0.15, 0.2) is 0 Å². The highest BCUT2D eigenvalue weighted by atomic mass is 32.2. The highest BCUT2D eigenvalue weighted by Gasteiger charge is 2.38. The predicted octanol–water partition coefficient (Wildman–Crippen LogP) is 3.71. The van der Waals surface area contributed by atoms with E-state index in [1.807, 2.05) is 35.9 Å². The molecule has 1 saturated heterocycles. The Kier molecular flexibility index (Phi) is 4.87. The zero-order valence-corrected chi connectivity index (χ0v) is 17.1. The van der Waals surface area contributed by atoms with Crippen molar-refractivity contribution in [1.82, 2.24) is 13.9 Å². The number of sulfonamides is 1. The highest BCUT2D eigenvalue weighted by molar-refractivity contribution is 7.89. The summed E-state index contributed by atoms with van der Waals surface area (Å²) in [7, 11) is -2.03. The van der Waals surface area contributed by atoms with Gasteiger partial charge in [0.05, 0.1) is 26.9 Å². The number of hydrogen-bond acceptors (Lipinski definition) is 5. The molecule has 0 N–H and O–H groups in total. The number of aromatic nitrogens is 2. The molecule has 0 amide bonds. The normalized spacial score (nSPS) is 18.2. The van der Waals surface area contributed by atoms with Gasteiger partial charge in [-0.25, -0.2) is 13.4 Å². The Morgan fingerprint density at radius 2 is 1.93 bits per heavy atom. The van der Waals surface area contributed by atoms with Gasteiger partial charge in [0.2, 0.25) is 10.0 Å². The predicted molar refractivity (Wildman–Crippen MR) is 109 cm³/mol. The van der Waals surface area contributed by atoms with Crippen LogP contribution in [0.4, 0.5) is 5.69 Å². The first kappa shape index (κ1) is 19.5. The van der Waals surface area contributed by atoms with E-state index in [-0.39, 0.29) is 10.6 Å². The van der Waals surface area contributed by atoms with Crippen molar-refractivity contribution in [2.45, 2.75) is 37.1 Å². The minimum absolute atomic E-state index is 0.0163. The first-order chi connectivity index (χ1) is 13.8. The molecule has 29 heavy (non-hydrogen) atoms. The van der Waals surface area contributed by atoms with E-state index in [4.69, 9.17) is 4.98 Å². The quantitative estimate of drug-likeness (QED) is 0.479. The maximum absolute atomic E-state index is 13.6. The first-order valence-corrected chi connectivity index (χ1v) is 10.9. The second kappa shape index (κ2) is 7.23. The van der Waals surface area contributed by atoms with Gasteiger partial charge >= 0.3 is 0 Å². The van der Waals surface area contributed by atoms with E-state index in [0.717, 1.165) is 29.9 Å². The Bertz CT molecular complexity index is 1200. The third-order valence-electron chi connectivity index (χ3n) is 5.54. The van der Waals surface area contributed by atoms with Crippen LogP contribution in [0.3, 0.4) is 0 Å². The zero-order valence-electron chi connectivity index (χ0n) is 16.3. The number of aryl methyl sites for hydroxylation is 2. The number of imidazole rings is 1. The summed E-state index contributed by atoms with van der Waals surface area (Å²) in [6, 6.07) is 11.3. The van der Waals surface area contributed by atoms with Crippen molar-refractivity contribution in [3.05, 3.63) is 64.0 Å². The molecular weight excluding hydrogens is 392 g/mol. The van der Waals surface area contributed by atoms with Gasteiger partial charge < -0.3 is 4.57 Å². The number of nitrogens with zero attached hydrogens (tertiary/aromatic N) is 4. The molecule has 0 unspecified atom stereocenters. The number of nitro benzene ring substituents is 1. The van der Waals surface area contributed by atoms with Crippen LogP contribution in [-0.2, 0) is 17.1 Å². The van der Waals surface area contributed by atoms with Crippen LogP contribution in [0.2, 0.25) is 0 Å². The average Bonchev–Trinajstić information content (AvgIpc) is 3.05. The van der Waals surface area contributed by atoms with Crippen molar-refractivity contribution >= 4 is 26.7 Å². The van der Waals surface area contributed by atoms with E-state index in [1.54, 1.807) is 6.92 Å². The van der Waals surface area contributed by atoms with E-state index < -0.39 is 21.0 Å². The van der Waals surface area contributed by atoms with Crippen LogP contribution in [0, 0.1) is 17.0 Å². The summed E-state index contributed by atoms with van der Waals surface area (Å²) in [4.78, 5) is 15.3. The monoisotopic (exact) mass is 414 g/mol. The molecule has 0 bridgehead atoms. The number of piperidine rings is 1. The molecule has 0 aliphatic carbocycles. The minimum Gasteiger partial charge on any atom is -0.330 e. The molecule has 1 fully saturated rings. The molecule has 2 aromatic carbocycles. The summed E-state index contributed by atoms with van der Waals surface area (Å²) in [5.74, 6) is 0.692. The number of non-ortho nitro benzene ring substituents is 1. The minimum atomic E-state index is -3.92. The van der Waals surface area contributed by atoms with Crippen LogP contribution in [0.1, 0.15) is 36.7 Å². The van der Waals surface area contributed by atoms with Gasteiger partial charge in [-0.15, -0.1) is 0 Å². The number of nitro groups is 1. The van der Waals surface area contributed by atoms with Crippen LogP contribution in [0.25, 0.3) is 11.0 Å². The van der Waals surface area contributed by atoms with Gasteiger partial charge in [0.1, 0.15) is 5.82 Å². The van der Waals surface area contributed by atoms with Gasteiger partial charge in [-0.1, -0.05) is 24.6 Å². The molecule has 1 aromatic heterocycles. The average molecular weight is 414 g/mol. The summed E-state index contributed by atoms with van der Waals surface area (Å²) in [5.41, 5.74) is 2.02. The molecule has 3 aromatic rings. The molecule has 1 aliphatic heterocycles. The highest BCUT2D eigenvalue weighted by Crippen LogP contribution is 2.37. The van der Waals surface area contributed by atoms with Gasteiger partial charge in [0.25, 0.3) is 5.69 Å². The molecule has 0 spiro atoms. The standard InChI is InChI=1S/C20H22N4O4S/c1-14-10-11-15(24(25)26)13-19(14)29(27,28)23-12-6-5-9-18(23)20-21-16-7-3-4-8-17(16)22(20)2/h3-4,7-8,10-11,13,18H,5-6,9,12H2,1-2H3/t18-/m0/s1. The smallest absolute Gasteiger partial charge is 0.270 e. The summed E-state index contributed by atoms with van der Waals surface area (Å²) < 4.78 is 30.5. The van der Waals surface area contributed by atoms with E-state index in [2.05, 4.69) is 0 Å². The van der Waals surface area contributed by atoms with E-state index in [1.165, 1.54) is 16.4 Å². The lowest BCUT2D eigenvalue weighted by Gasteiger charge is -2.34. The molecule has 1 aliphatic rings. The summed E-state index contributed by atoms with van der Waals surface area (Å²) in [5, 5.41) is 11.2. The van der Waals surface area contributed by atoms with Crippen LogP contribution in [0.15, 0.2) is 47.4 Å². The van der Waals surface area contributed by atoms with Crippen molar-refractivity contribution < 1.29 is 13.3 Å². The SMILES string of the molecule is Cc1ccc([N+](=O)[O-])cc1S(=O)(=O)N1CCCC[C@H]1c1nc2ccccc2n1C. The van der Waals surface area contributed by atoms with Crippen molar-refractivity contribution in [2.75, 3.05) is 6.54 Å². The van der Waals surface area contributed by atoms with E-state index in [9.17, 15) is 18.5 Å². The largest absolute Gasteiger partial charge is 0.330 e. The van der Waals surface area contributed by atoms with Crippen molar-refractivity contribution in [2.24, 2.45) is 7.05 Å². The fraction of sp³-hybridized carbons (Fsp3) is 0.350. The lowest BCUT2D eigenvalue weighted by molar-refractivity contribution is -0.385. The Hall–Kier alpha value is -2.78. The molecule has 0 saturated carbocycles. The maximum atomic E-state index is 13.6. The number of para-hydroxylation sites is 2. The van der Waals surface area contributed by atoms with Crippen molar-refractivity contribution in [3.63, 3.8) is 0 Å². The van der Waals surface area contributed by atoms with Crippen LogP contribution < -0.4 is 0 Å². The van der Waals surface area contributed by atoms with Crippen LogP contribution in [0.5, 0.6) is 0 Å². The van der Waals surface area contributed by atoms with Crippen LogP contribution in [-0.4, -0.2) is 33.7 Å². The number of rotatable bonds is 4.